The first-order valence-electron chi connectivity index (χ1n) is 9.78. The molecule has 0 unspecified atom stereocenters. The van der Waals surface area contributed by atoms with Crippen molar-refractivity contribution in [1.82, 2.24) is 5.32 Å². The second-order valence-corrected chi connectivity index (χ2v) is 6.41. The van der Waals surface area contributed by atoms with Crippen LogP contribution >= 0.6 is 12.6 Å². The van der Waals surface area contributed by atoms with Gasteiger partial charge >= 0.3 is 0 Å². The number of nitrogens with one attached hydrogen (secondary N) is 1. The zero-order valence-corrected chi connectivity index (χ0v) is 16.9. The normalized spacial score (nSPS) is 12.2. The van der Waals surface area contributed by atoms with Crippen molar-refractivity contribution in [3.63, 3.8) is 0 Å². The number of unbranched alkanes of at least 4 members (excludes halogenated alkanes) is 5. The first kappa shape index (κ1) is 23.8. The van der Waals surface area contributed by atoms with E-state index in [4.69, 9.17) is 0 Å². The predicted molar refractivity (Wildman–Crippen MR) is 115 cm³/mol. The van der Waals surface area contributed by atoms with Crippen LogP contribution in [-0.2, 0) is 4.79 Å². The van der Waals surface area contributed by atoms with Crippen LogP contribution in [0.15, 0.2) is 48.6 Å². The number of hydrogen-bond donors (Lipinski definition) is 2. The van der Waals surface area contributed by atoms with E-state index in [0.29, 0.717) is 0 Å². The van der Waals surface area contributed by atoms with Crippen LogP contribution in [0.1, 0.15) is 71.1 Å². The van der Waals surface area contributed by atoms with Gasteiger partial charge in [-0.25, -0.2) is 0 Å². The molecule has 0 aromatic rings. The second-order valence-electron chi connectivity index (χ2n) is 6.09. The molecule has 0 spiro atoms. The summed E-state index contributed by atoms with van der Waals surface area (Å²) in [4.78, 5) is 11.0. The van der Waals surface area contributed by atoms with Crippen molar-refractivity contribution < 1.29 is 4.79 Å². The van der Waals surface area contributed by atoms with Gasteiger partial charge in [0.25, 0.3) is 0 Å². The number of carbonyl (C=O) groups excluding carboxylic acids is 1. The molecule has 2 nitrogen and oxygen atoms in total. The maximum absolute atomic E-state index is 11.0. The molecule has 0 aromatic heterocycles. The average Bonchev–Trinajstić information content (AvgIpc) is 2.63. The van der Waals surface area contributed by atoms with Gasteiger partial charge in [-0.05, 0) is 51.4 Å². The smallest absolute Gasteiger partial charge is 0.229 e. The number of allylic oxidation sites excluding steroid dienone is 8. The Morgan fingerprint density at radius 3 is 1.72 bits per heavy atom. The average molecular weight is 364 g/mol. The summed E-state index contributed by atoms with van der Waals surface area (Å²) in [7, 11) is 0. The molecule has 0 saturated carbocycles. The van der Waals surface area contributed by atoms with Crippen molar-refractivity contribution in [1.29, 1.82) is 0 Å². The molecule has 0 saturated heterocycles. The van der Waals surface area contributed by atoms with Crippen LogP contribution in [-0.4, -0.2) is 18.2 Å². The minimum atomic E-state index is 0.0149. The van der Waals surface area contributed by atoms with Crippen LogP contribution in [0.4, 0.5) is 0 Å². The van der Waals surface area contributed by atoms with Gasteiger partial charge in [0.2, 0.25) is 5.91 Å². The third-order valence-electron chi connectivity index (χ3n) is 3.72. The highest BCUT2D eigenvalue weighted by atomic mass is 32.1. The van der Waals surface area contributed by atoms with Gasteiger partial charge in [-0.2, -0.15) is 12.6 Å². The Balaban J connectivity index is 3.39. The van der Waals surface area contributed by atoms with Crippen LogP contribution in [0.3, 0.4) is 0 Å². The van der Waals surface area contributed by atoms with E-state index in [1.54, 1.807) is 0 Å². The minimum absolute atomic E-state index is 0.0149. The molecule has 0 aliphatic heterocycles. The minimum Gasteiger partial charge on any atom is -0.355 e. The van der Waals surface area contributed by atoms with E-state index in [9.17, 15) is 4.79 Å². The fraction of sp³-hybridized carbons (Fsp3) is 0.591. The first-order chi connectivity index (χ1) is 12.3. The fourth-order valence-electron chi connectivity index (χ4n) is 2.23. The van der Waals surface area contributed by atoms with Gasteiger partial charge in [-0.3, -0.25) is 4.79 Å². The lowest BCUT2D eigenvalue weighted by Gasteiger charge is -2.01. The van der Waals surface area contributed by atoms with Gasteiger partial charge in [0.1, 0.15) is 0 Å². The molecule has 1 N–H and O–H groups in total. The topological polar surface area (TPSA) is 29.1 Å². The van der Waals surface area contributed by atoms with Gasteiger partial charge in [-0.15, -0.1) is 0 Å². The van der Waals surface area contributed by atoms with Crippen LogP contribution in [0.5, 0.6) is 0 Å². The molecule has 0 aromatic carbocycles. The molecule has 142 valence electrons. The van der Waals surface area contributed by atoms with Gasteiger partial charge in [0.15, 0.2) is 0 Å². The largest absolute Gasteiger partial charge is 0.355 e. The van der Waals surface area contributed by atoms with Gasteiger partial charge < -0.3 is 5.32 Å². The molecular formula is C22H37NOS. The zero-order valence-electron chi connectivity index (χ0n) is 16.0. The fourth-order valence-corrected chi connectivity index (χ4v) is 2.34. The molecule has 1 amide bonds. The van der Waals surface area contributed by atoms with E-state index < -0.39 is 0 Å². The Hall–Kier alpha value is -1.22. The van der Waals surface area contributed by atoms with E-state index >= 15 is 0 Å². The molecule has 3 heteroatoms. The number of carbonyl (C=O) groups is 1. The lowest BCUT2D eigenvalue weighted by Crippen LogP contribution is -2.25. The molecular weight excluding hydrogens is 326 g/mol. The molecule has 0 aliphatic carbocycles. The van der Waals surface area contributed by atoms with Gasteiger partial charge in [0, 0.05) is 6.54 Å². The van der Waals surface area contributed by atoms with Crippen molar-refractivity contribution in [2.75, 3.05) is 12.3 Å². The first-order valence-corrected chi connectivity index (χ1v) is 10.4. The summed E-state index contributed by atoms with van der Waals surface area (Å²) in [6.07, 6.45) is 29.4. The molecule has 25 heavy (non-hydrogen) atoms. The van der Waals surface area contributed by atoms with Crippen LogP contribution < -0.4 is 5.32 Å². The summed E-state index contributed by atoms with van der Waals surface area (Å²) in [5, 5.41) is 2.83. The molecule has 0 rings (SSSR count). The zero-order chi connectivity index (χ0) is 18.4. The standard InChI is InChI=1S/C22H37NOS/c1-2-3-4-5-6-7-8-9-10-11-12-13-14-15-16-17-18-19-20-23-22(24)21-25/h6-7,9-10,12-13,15-16,25H,2-5,8,11,14,17-21H2,1H3,(H,23,24)/b7-6-,10-9-,13-12-,16-15-. The summed E-state index contributed by atoms with van der Waals surface area (Å²) in [5.74, 6) is 0.290. The third kappa shape index (κ3) is 20.7. The monoisotopic (exact) mass is 363 g/mol. The van der Waals surface area contributed by atoms with Crippen molar-refractivity contribution in [2.45, 2.75) is 71.1 Å². The number of thiol groups is 1. The van der Waals surface area contributed by atoms with Gasteiger partial charge in [0.05, 0.1) is 5.75 Å². The Morgan fingerprint density at radius 1 is 0.760 bits per heavy atom. The molecule has 0 aliphatic rings. The summed E-state index contributed by atoms with van der Waals surface area (Å²) in [5.41, 5.74) is 0. The predicted octanol–water partition coefficient (Wildman–Crippen LogP) is 6.18. The maximum Gasteiger partial charge on any atom is 0.229 e. The maximum atomic E-state index is 11.0. The quantitative estimate of drug-likeness (QED) is 0.191. The van der Waals surface area contributed by atoms with E-state index in [0.717, 1.165) is 45.1 Å². The lowest BCUT2D eigenvalue weighted by atomic mass is 10.2. The van der Waals surface area contributed by atoms with Crippen LogP contribution in [0, 0.1) is 0 Å². The number of rotatable bonds is 16. The van der Waals surface area contributed by atoms with E-state index in [2.05, 4.69) is 73.5 Å². The van der Waals surface area contributed by atoms with Crippen LogP contribution in [0.25, 0.3) is 0 Å². The van der Waals surface area contributed by atoms with Crippen molar-refractivity contribution >= 4 is 18.5 Å². The van der Waals surface area contributed by atoms with Crippen molar-refractivity contribution in [3.8, 4) is 0 Å². The highest BCUT2D eigenvalue weighted by Crippen LogP contribution is 2.01. The summed E-state index contributed by atoms with van der Waals surface area (Å²) in [6, 6.07) is 0. The molecule has 0 radical (unpaired) electrons. The second kappa shape index (κ2) is 20.8. The van der Waals surface area contributed by atoms with Crippen molar-refractivity contribution in [3.05, 3.63) is 48.6 Å². The Bertz CT molecular complexity index is 410. The summed E-state index contributed by atoms with van der Waals surface area (Å²) in [6.45, 7) is 3.00. The van der Waals surface area contributed by atoms with Crippen molar-refractivity contribution in [2.24, 2.45) is 0 Å². The Morgan fingerprint density at radius 2 is 1.24 bits per heavy atom. The lowest BCUT2D eigenvalue weighted by molar-refractivity contribution is -0.118. The molecule has 0 atom stereocenters. The highest BCUT2D eigenvalue weighted by molar-refractivity contribution is 7.81. The number of amides is 1. The highest BCUT2D eigenvalue weighted by Gasteiger charge is 1.94. The Kier molecular flexibility index (Phi) is 19.8. The SMILES string of the molecule is CCCCC/C=C\C/C=C\C/C=C\C/C=C\CCCCNC(=O)CS. The van der Waals surface area contributed by atoms with E-state index in [1.165, 1.54) is 25.7 Å². The van der Waals surface area contributed by atoms with Crippen LogP contribution in [0.2, 0.25) is 0 Å². The number of hydrogen-bond acceptors (Lipinski definition) is 2. The molecule has 0 heterocycles. The Labute approximate surface area is 161 Å². The molecule has 0 fully saturated rings. The molecule has 0 bridgehead atoms. The van der Waals surface area contributed by atoms with E-state index in [-0.39, 0.29) is 11.7 Å². The van der Waals surface area contributed by atoms with Gasteiger partial charge in [-0.1, -0.05) is 68.4 Å². The summed E-state index contributed by atoms with van der Waals surface area (Å²) >= 11 is 3.92. The third-order valence-corrected chi connectivity index (χ3v) is 4.01. The summed E-state index contributed by atoms with van der Waals surface area (Å²) < 4.78 is 0. The van der Waals surface area contributed by atoms with E-state index in [1.807, 2.05) is 0 Å².